The Balaban J connectivity index is 2.24. The zero-order chi connectivity index (χ0) is 18.9. The Morgan fingerprint density at radius 1 is 1.20 bits per heavy atom. The maximum atomic E-state index is 12.5. The predicted octanol–water partition coefficient (Wildman–Crippen LogP) is 1.84. The molecule has 0 spiro atoms. The third-order valence-electron chi connectivity index (χ3n) is 3.44. The van der Waals surface area contributed by atoms with E-state index in [1.54, 1.807) is 20.8 Å². The van der Waals surface area contributed by atoms with Gasteiger partial charge in [-0.25, -0.2) is 14.3 Å². The van der Waals surface area contributed by atoms with Crippen LogP contribution in [0.15, 0.2) is 6.07 Å². The summed E-state index contributed by atoms with van der Waals surface area (Å²) in [4.78, 5) is 33.3. The normalized spacial score (nSPS) is 13.1. The molecule has 1 atom stereocenters. The number of fused-ring (bicyclic) bond motifs is 1. The lowest BCUT2D eigenvalue weighted by Crippen LogP contribution is -2.47. The largest absolute Gasteiger partial charge is 0.458 e. The van der Waals surface area contributed by atoms with Gasteiger partial charge in [0.2, 0.25) is 5.82 Å². The van der Waals surface area contributed by atoms with Gasteiger partial charge in [-0.2, -0.15) is 4.98 Å². The Labute approximate surface area is 147 Å². The smallest absolute Gasteiger partial charge is 0.329 e. The number of rotatable bonds is 4. The standard InChI is InChI=1S/C17H25N5O3/c1-9(2)12(15(24)25-17(5,6)7)19-14(23)13-20-16-18-10(3)8-11(4)22(16)21-13/h8-9,12H,1-7H3,(H,19,23)/t12-/m0/s1. The molecule has 0 fully saturated rings. The highest BCUT2D eigenvalue weighted by Crippen LogP contribution is 2.13. The molecule has 8 nitrogen and oxygen atoms in total. The number of aryl methyl sites for hydroxylation is 2. The predicted molar refractivity (Wildman–Crippen MR) is 92.2 cm³/mol. The Kier molecular flexibility index (Phi) is 5.10. The van der Waals surface area contributed by atoms with Crippen LogP contribution < -0.4 is 5.32 Å². The van der Waals surface area contributed by atoms with Crippen molar-refractivity contribution in [3.05, 3.63) is 23.3 Å². The molecule has 0 radical (unpaired) electrons. The van der Waals surface area contributed by atoms with Gasteiger partial charge in [-0.05, 0) is 46.6 Å². The van der Waals surface area contributed by atoms with Crippen LogP contribution in [-0.2, 0) is 9.53 Å². The fourth-order valence-electron chi connectivity index (χ4n) is 2.33. The molecular formula is C17H25N5O3. The summed E-state index contributed by atoms with van der Waals surface area (Å²) in [5.74, 6) is -0.841. The van der Waals surface area contributed by atoms with Gasteiger partial charge in [-0.15, -0.1) is 5.10 Å². The third-order valence-corrected chi connectivity index (χ3v) is 3.44. The van der Waals surface area contributed by atoms with Crippen molar-refractivity contribution in [1.29, 1.82) is 0 Å². The third kappa shape index (κ3) is 4.52. The first-order valence-electron chi connectivity index (χ1n) is 8.22. The van der Waals surface area contributed by atoms with Crippen LogP contribution in [-0.4, -0.2) is 43.1 Å². The van der Waals surface area contributed by atoms with Gasteiger partial charge < -0.3 is 10.1 Å². The van der Waals surface area contributed by atoms with Crippen LogP contribution in [0.1, 0.15) is 56.6 Å². The molecule has 0 bridgehead atoms. The van der Waals surface area contributed by atoms with Crippen molar-refractivity contribution in [2.75, 3.05) is 0 Å². The number of nitrogens with one attached hydrogen (secondary N) is 1. The maximum Gasteiger partial charge on any atom is 0.329 e. The van der Waals surface area contributed by atoms with Gasteiger partial charge in [0.15, 0.2) is 0 Å². The minimum absolute atomic E-state index is 0.0320. The minimum Gasteiger partial charge on any atom is -0.458 e. The molecule has 0 aliphatic rings. The lowest BCUT2D eigenvalue weighted by molar-refractivity contribution is -0.158. The van der Waals surface area contributed by atoms with Crippen molar-refractivity contribution < 1.29 is 14.3 Å². The fraction of sp³-hybridized carbons (Fsp3) is 0.588. The number of nitrogens with zero attached hydrogens (tertiary/aromatic N) is 4. The van der Waals surface area contributed by atoms with E-state index < -0.39 is 23.5 Å². The Morgan fingerprint density at radius 3 is 2.40 bits per heavy atom. The number of carbonyl (C=O) groups is 2. The molecule has 0 aliphatic heterocycles. The van der Waals surface area contributed by atoms with Gasteiger partial charge in [-0.3, -0.25) is 4.79 Å². The van der Waals surface area contributed by atoms with Crippen molar-refractivity contribution >= 4 is 17.7 Å². The molecule has 2 rings (SSSR count). The van der Waals surface area contributed by atoms with Gasteiger partial charge >= 0.3 is 5.97 Å². The number of esters is 1. The molecule has 25 heavy (non-hydrogen) atoms. The molecule has 0 unspecified atom stereocenters. The highest BCUT2D eigenvalue weighted by molar-refractivity contribution is 5.94. The lowest BCUT2D eigenvalue weighted by atomic mass is 10.0. The molecular weight excluding hydrogens is 322 g/mol. The van der Waals surface area contributed by atoms with E-state index in [2.05, 4.69) is 20.4 Å². The lowest BCUT2D eigenvalue weighted by Gasteiger charge is -2.26. The molecule has 0 aliphatic carbocycles. The molecule has 2 heterocycles. The molecule has 8 heteroatoms. The van der Waals surface area contributed by atoms with Crippen LogP contribution in [0.25, 0.3) is 5.78 Å². The number of carbonyl (C=O) groups excluding carboxylic acids is 2. The van der Waals surface area contributed by atoms with Gasteiger partial charge in [0, 0.05) is 11.4 Å². The maximum absolute atomic E-state index is 12.5. The summed E-state index contributed by atoms with van der Waals surface area (Å²) in [5, 5.41) is 6.85. The van der Waals surface area contributed by atoms with E-state index in [0.717, 1.165) is 11.4 Å². The van der Waals surface area contributed by atoms with E-state index in [0.29, 0.717) is 5.78 Å². The minimum atomic E-state index is -0.783. The SMILES string of the molecule is Cc1cc(C)n2nc(C(=O)N[C@H](C(=O)OC(C)(C)C)C(C)C)nc2n1. The fourth-order valence-corrected chi connectivity index (χ4v) is 2.33. The first-order chi connectivity index (χ1) is 11.5. The van der Waals surface area contributed by atoms with Crippen molar-refractivity contribution in [3.63, 3.8) is 0 Å². The van der Waals surface area contributed by atoms with Crippen molar-refractivity contribution in [2.24, 2.45) is 5.92 Å². The van der Waals surface area contributed by atoms with Gasteiger partial charge in [0.05, 0.1) is 0 Å². The summed E-state index contributed by atoms with van der Waals surface area (Å²) in [6, 6.07) is 1.06. The first-order valence-corrected chi connectivity index (χ1v) is 8.22. The monoisotopic (exact) mass is 347 g/mol. The molecule has 0 saturated carbocycles. The van der Waals surface area contributed by atoms with E-state index in [1.165, 1.54) is 4.52 Å². The second-order valence-corrected chi connectivity index (χ2v) is 7.41. The van der Waals surface area contributed by atoms with E-state index in [9.17, 15) is 9.59 Å². The first kappa shape index (κ1) is 18.8. The molecule has 136 valence electrons. The topological polar surface area (TPSA) is 98.5 Å². The second-order valence-electron chi connectivity index (χ2n) is 7.41. The van der Waals surface area contributed by atoms with E-state index in [1.807, 2.05) is 33.8 Å². The average Bonchev–Trinajstić information content (AvgIpc) is 2.86. The second kappa shape index (κ2) is 6.78. The number of amides is 1. The van der Waals surface area contributed by atoms with Crippen molar-refractivity contribution in [1.82, 2.24) is 24.9 Å². The number of hydrogen-bond acceptors (Lipinski definition) is 6. The number of ether oxygens (including phenoxy) is 1. The summed E-state index contributed by atoms with van der Waals surface area (Å²) in [7, 11) is 0. The number of aromatic nitrogens is 4. The number of hydrogen-bond donors (Lipinski definition) is 1. The summed E-state index contributed by atoms with van der Waals surface area (Å²) < 4.78 is 6.88. The molecule has 0 saturated heterocycles. The summed E-state index contributed by atoms with van der Waals surface area (Å²) >= 11 is 0. The van der Waals surface area contributed by atoms with Crippen molar-refractivity contribution in [2.45, 2.75) is 60.1 Å². The average molecular weight is 347 g/mol. The van der Waals surface area contributed by atoms with Crippen molar-refractivity contribution in [3.8, 4) is 0 Å². The Morgan fingerprint density at radius 2 is 1.84 bits per heavy atom. The summed E-state index contributed by atoms with van der Waals surface area (Å²) in [5.41, 5.74) is 0.981. The molecule has 1 amide bonds. The van der Waals surface area contributed by atoms with Gasteiger partial charge in [0.1, 0.15) is 11.6 Å². The van der Waals surface area contributed by atoms with Crippen LogP contribution in [0.2, 0.25) is 0 Å². The van der Waals surface area contributed by atoms with E-state index >= 15 is 0 Å². The zero-order valence-corrected chi connectivity index (χ0v) is 15.7. The Hall–Kier alpha value is -2.51. The van der Waals surface area contributed by atoms with E-state index in [4.69, 9.17) is 4.74 Å². The molecule has 2 aromatic heterocycles. The van der Waals surface area contributed by atoms with Crippen LogP contribution in [0.5, 0.6) is 0 Å². The van der Waals surface area contributed by atoms with Crippen LogP contribution in [0.4, 0.5) is 0 Å². The molecule has 1 N–H and O–H groups in total. The van der Waals surface area contributed by atoms with Crippen LogP contribution in [0, 0.1) is 19.8 Å². The van der Waals surface area contributed by atoms with Crippen LogP contribution >= 0.6 is 0 Å². The Bertz CT molecular complexity index is 804. The molecule has 2 aromatic rings. The van der Waals surface area contributed by atoms with Gasteiger partial charge in [0.25, 0.3) is 11.7 Å². The molecule has 0 aromatic carbocycles. The summed E-state index contributed by atoms with van der Waals surface area (Å²) in [6.45, 7) is 12.7. The van der Waals surface area contributed by atoms with Gasteiger partial charge in [-0.1, -0.05) is 13.8 Å². The summed E-state index contributed by atoms with van der Waals surface area (Å²) in [6.07, 6.45) is 0. The van der Waals surface area contributed by atoms with Crippen LogP contribution in [0.3, 0.4) is 0 Å². The van der Waals surface area contributed by atoms with E-state index in [-0.39, 0.29) is 11.7 Å². The highest BCUT2D eigenvalue weighted by Gasteiger charge is 2.30. The highest BCUT2D eigenvalue weighted by atomic mass is 16.6. The zero-order valence-electron chi connectivity index (χ0n) is 15.7. The quantitative estimate of drug-likeness (QED) is 0.847.